The molecule has 0 bridgehead atoms. The van der Waals surface area contributed by atoms with Gasteiger partial charge in [0.05, 0.1) is 11.7 Å². The van der Waals surface area contributed by atoms with Crippen LogP contribution in [0.3, 0.4) is 0 Å². The molecule has 1 amide bonds. The smallest absolute Gasteiger partial charge is 0.244 e. The molecule has 1 aromatic carbocycles. The number of carbonyl (C=O) groups excluding carboxylic acids is 1. The third-order valence-electron chi connectivity index (χ3n) is 5.47. The van der Waals surface area contributed by atoms with Gasteiger partial charge in [-0.3, -0.25) is 14.1 Å². The molecule has 0 spiro atoms. The van der Waals surface area contributed by atoms with Gasteiger partial charge in [0, 0.05) is 45.0 Å². The Hall–Kier alpha value is -2.67. The molecule has 1 aliphatic rings. The second-order valence-electron chi connectivity index (χ2n) is 7.63. The quantitative estimate of drug-likeness (QED) is 0.619. The fourth-order valence-electron chi connectivity index (χ4n) is 3.72. The molecule has 4 rings (SSSR count). The first-order valence-electron chi connectivity index (χ1n) is 10.2. The molecule has 0 aliphatic carbocycles. The average molecular weight is 424 g/mol. The zero-order chi connectivity index (χ0) is 20.9. The van der Waals surface area contributed by atoms with Crippen molar-refractivity contribution in [2.45, 2.75) is 6.04 Å². The summed E-state index contributed by atoms with van der Waals surface area (Å²) in [5.74, 6) is -0.153. The zero-order valence-electron chi connectivity index (χ0n) is 17.0. The Morgan fingerprint density at radius 2 is 1.87 bits per heavy atom. The third kappa shape index (κ3) is 4.90. The van der Waals surface area contributed by atoms with Crippen LogP contribution in [0.1, 0.15) is 17.3 Å². The van der Waals surface area contributed by atoms with Crippen LogP contribution in [0.15, 0.2) is 60.8 Å². The van der Waals surface area contributed by atoms with E-state index >= 15 is 0 Å². The van der Waals surface area contributed by atoms with E-state index in [1.165, 1.54) is 6.08 Å². The Labute approximate surface area is 181 Å². The number of piperazine rings is 1. The molecule has 3 aromatic rings. The molecule has 1 unspecified atom stereocenters. The van der Waals surface area contributed by atoms with Crippen molar-refractivity contribution in [3.63, 3.8) is 0 Å². The van der Waals surface area contributed by atoms with Crippen LogP contribution in [0.4, 0.5) is 0 Å². The number of pyridine rings is 1. The highest BCUT2D eigenvalue weighted by atomic mass is 35.5. The summed E-state index contributed by atoms with van der Waals surface area (Å²) in [6.45, 7) is 4.88. The Bertz CT molecular complexity index is 1020. The van der Waals surface area contributed by atoms with Crippen molar-refractivity contribution in [3.05, 3.63) is 77.2 Å². The summed E-state index contributed by atoms with van der Waals surface area (Å²) in [6, 6.07) is 15.7. The monoisotopic (exact) mass is 423 g/mol. The van der Waals surface area contributed by atoms with Gasteiger partial charge in [-0.05, 0) is 30.8 Å². The van der Waals surface area contributed by atoms with E-state index in [-0.39, 0.29) is 11.9 Å². The molecular weight excluding hydrogens is 398 g/mol. The van der Waals surface area contributed by atoms with Crippen LogP contribution < -0.4 is 5.32 Å². The third-order valence-corrected chi connectivity index (χ3v) is 5.75. The zero-order valence-corrected chi connectivity index (χ0v) is 17.8. The molecule has 1 fully saturated rings. The van der Waals surface area contributed by atoms with Gasteiger partial charge >= 0.3 is 0 Å². The normalized spacial score (nSPS) is 16.9. The first kappa shape index (κ1) is 20.6. The molecule has 1 saturated heterocycles. The van der Waals surface area contributed by atoms with Crippen molar-refractivity contribution in [1.29, 1.82) is 0 Å². The van der Waals surface area contributed by atoms with Gasteiger partial charge in [-0.2, -0.15) is 0 Å². The van der Waals surface area contributed by atoms with E-state index < -0.39 is 0 Å². The second-order valence-corrected chi connectivity index (χ2v) is 7.98. The lowest BCUT2D eigenvalue weighted by molar-refractivity contribution is -0.117. The average Bonchev–Trinajstić information content (AvgIpc) is 3.09. The summed E-state index contributed by atoms with van der Waals surface area (Å²) in [6.07, 6.45) is 5.13. The summed E-state index contributed by atoms with van der Waals surface area (Å²) in [5.41, 5.74) is 2.54. The van der Waals surface area contributed by atoms with Crippen molar-refractivity contribution in [3.8, 4) is 0 Å². The van der Waals surface area contributed by atoms with Crippen molar-refractivity contribution < 1.29 is 4.79 Å². The Balaban J connectivity index is 1.48. The predicted octanol–water partition coefficient (Wildman–Crippen LogP) is 3.11. The van der Waals surface area contributed by atoms with Crippen LogP contribution in [-0.4, -0.2) is 64.9 Å². The first-order chi connectivity index (χ1) is 14.6. The van der Waals surface area contributed by atoms with E-state index in [2.05, 4.69) is 39.3 Å². The van der Waals surface area contributed by atoms with Crippen molar-refractivity contribution >= 4 is 29.2 Å². The Kier molecular flexibility index (Phi) is 6.47. The van der Waals surface area contributed by atoms with Crippen molar-refractivity contribution in [2.24, 2.45) is 0 Å². The van der Waals surface area contributed by atoms with Gasteiger partial charge in [-0.25, -0.2) is 4.98 Å². The number of fused-ring (bicyclic) bond motifs is 1. The highest BCUT2D eigenvalue weighted by Gasteiger charge is 2.20. The number of amides is 1. The fourth-order valence-corrected chi connectivity index (χ4v) is 3.96. The summed E-state index contributed by atoms with van der Waals surface area (Å²) < 4.78 is 1.87. The molecule has 3 heterocycles. The number of hydrogen-bond donors (Lipinski definition) is 1. The molecule has 30 heavy (non-hydrogen) atoms. The van der Waals surface area contributed by atoms with Crippen LogP contribution in [0.2, 0.25) is 5.15 Å². The lowest BCUT2D eigenvalue weighted by atomic mass is 10.1. The summed E-state index contributed by atoms with van der Waals surface area (Å²) >= 11 is 6.27. The maximum atomic E-state index is 12.8. The van der Waals surface area contributed by atoms with Gasteiger partial charge in [0.15, 0.2) is 5.15 Å². The number of aromatic nitrogens is 2. The summed E-state index contributed by atoms with van der Waals surface area (Å²) in [7, 11) is 2.14. The number of benzene rings is 1. The SMILES string of the molecule is CN1CCN(CC(NC(=O)/C=C/c2c(Cl)nc3ccccn23)c2ccccc2)CC1. The van der Waals surface area contributed by atoms with Crippen LogP contribution in [0, 0.1) is 0 Å². The number of likely N-dealkylation sites (N-methyl/N-ethyl adjacent to an activating group) is 1. The molecule has 1 atom stereocenters. The van der Waals surface area contributed by atoms with Crippen LogP contribution in [-0.2, 0) is 4.79 Å². The minimum absolute atomic E-state index is 0.0792. The number of nitrogens with one attached hydrogen (secondary N) is 1. The fraction of sp³-hybridized carbons (Fsp3) is 0.304. The number of hydrogen-bond acceptors (Lipinski definition) is 4. The second kappa shape index (κ2) is 9.43. The van der Waals surface area contributed by atoms with Crippen molar-refractivity contribution in [2.75, 3.05) is 39.8 Å². The predicted molar refractivity (Wildman–Crippen MR) is 120 cm³/mol. The van der Waals surface area contributed by atoms with Crippen LogP contribution in [0.25, 0.3) is 11.7 Å². The van der Waals surface area contributed by atoms with E-state index in [1.54, 1.807) is 6.08 Å². The lowest BCUT2D eigenvalue weighted by Gasteiger charge is -2.34. The molecule has 7 heteroatoms. The molecule has 156 valence electrons. The Morgan fingerprint density at radius 3 is 2.63 bits per heavy atom. The molecule has 1 aliphatic heterocycles. The van der Waals surface area contributed by atoms with Crippen LogP contribution >= 0.6 is 11.6 Å². The number of imidazole rings is 1. The lowest BCUT2D eigenvalue weighted by Crippen LogP contribution is -2.47. The Morgan fingerprint density at radius 1 is 1.13 bits per heavy atom. The molecule has 1 N–H and O–H groups in total. The maximum Gasteiger partial charge on any atom is 0.244 e. The number of carbonyl (C=O) groups is 1. The minimum atomic E-state index is -0.153. The molecule has 0 saturated carbocycles. The molecule has 0 radical (unpaired) electrons. The topological polar surface area (TPSA) is 52.9 Å². The van der Waals surface area contributed by atoms with Crippen LogP contribution in [0.5, 0.6) is 0 Å². The summed E-state index contributed by atoms with van der Waals surface area (Å²) in [5, 5.41) is 3.55. The number of halogens is 1. The van der Waals surface area contributed by atoms with Gasteiger partial charge in [-0.15, -0.1) is 0 Å². The van der Waals surface area contributed by atoms with E-state index in [0.29, 0.717) is 10.8 Å². The first-order valence-corrected chi connectivity index (χ1v) is 10.5. The van der Waals surface area contributed by atoms with E-state index in [9.17, 15) is 4.79 Å². The highest BCUT2D eigenvalue weighted by Crippen LogP contribution is 2.19. The standard InChI is InChI=1S/C23H26ClN5O/c1-27-13-15-28(16-14-27)17-19(18-7-3-2-4-8-18)25-22(30)11-10-20-23(24)26-21-9-5-6-12-29(20)21/h2-12,19H,13-17H2,1H3,(H,25,30)/b11-10+. The summed E-state index contributed by atoms with van der Waals surface area (Å²) in [4.78, 5) is 21.8. The maximum absolute atomic E-state index is 12.8. The van der Waals surface area contributed by atoms with Gasteiger partial charge in [0.1, 0.15) is 5.65 Å². The van der Waals surface area contributed by atoms with Gasteiger partial charge in [0.25, 0.3) is 0 Å². The van der Waals surface area contributed by atoms with Gasteiger partial charge < -0.3 is 10.2 Å². The van der Waals surface area contributed by atoms with E-state index in [4.69, 9.17) is 11.6 Å². The van der Waals surface area contributed by atoms with Crippen molar-refractivity contribution in [1.82, 2.24) is 24.5 Å². The molecule has 2 aromatic heterocycles. The highest BCUT2D eigenvalue weighted by molar-refractivity contribution is 6.31. The molecular formula is C23H26ClN5O. The number of rotatable bonds is 6. The van der Waals surface area contributed by atoms with Gasteiger partial charge in [0.2, 0.25) is 5.91 Å². The van der Waals surface area contributed by atoms with Gasteiger partial charge in [-0.1, -0.05) is 48.0 Å². The van der Waals surface area contributed by atoms with E-state index in [0.717, 1.165) is 43.9 Å². The molecule has 6 nitrogen and oxygen atoms in total. The number of nitrogens with zero attached hydrogens (tertiary/aromatic N) is 4. The van der Waals surface area contributed by atoms with E-state index in [1.807, 2.05) is 47.0 Å². The minimum Gasteiger partial charge on any atom is -0.344 e. The largest absolute Gasteiger partial charge is 0.344 e.